The predicted molar refractivity (Wildman–Crippen MR) is 86.5 cm³/mol. The molecular formula is C19H25NO2. The van der Waals surface area contributed by atoms with Crippen LogP contribution in [0.5, 0.6) is 0 Å². The van der Waals surface area contributed by atoms with Crippen molar-refractivity contribution in [1.82, 2.24) is 4.90 Å². The Morgan fingerprint density at radius 1 is 1.18 bits per heavy atom. The highest BCUT2D eigenvalue weighted by molar-refractivity contribution is 5.70. The van der Waals surface area contributed by atoms with Gasteiger partial charge in [-0.05, 0) is 62.9 Å². The first-order valence-corrected chi connectivity index (χ1v) is 8.86. The van der Waals surface area contributed by atoms with Crippen LogP contribution in [0.4, 0.5) is 4.79 Å². The molecular weight excluding hydrogens is 274 g/mol. The van der Waals surface area contributed by atoms with Crippen LogP contribution in [0.15, 0.2) is 35.5 Å². The van der Waals surface area contributed by atoms with Crippen LogP contribution in [0.2, 0.25) is 0 Å². The first-order valence-electron chi connectivity index (χ1n) is 8.86. The van der Waals surface area contributed by atoms with Crippen molar-refractivity contribution in [3.63, 3.8) is 0 Å². The normalized spacial score (nSPS) is 31.2. The van der Waals surface area contributed by atoms with Gasteiger partial charge >= 0.3 is 6.09 Å². The van der Waals surface area contributed by atoms with Crippen molar-refractivity contribution < 1.29 is 9.53 Å². The minimum atomic E-state index is -0.107. The van der Waals surface area contributed by atoms with Crippen LogP contribution in [-0.2, 0) is 4.74 Å². The van der Waals surface area contributed by atoms with Crippen molar-refractivity contribution in [3.05, 3.63) is 35.5 Å². The summed E-state index contributed by atoms with van der Waals surface area (Å²) >= 11 is 0. The van der Waals surface area contributed by atoms with E-state index in [0.29, 0.717) is 12.5 Å². The topological polar surface area (TPSA) is 29.5 Å². The standard InChI is InChI=1S/C19H25NO2/c21-19(22-17-9-1-2-10-17)20-11-4-3-6-16-12-14-7-5-8-15(14)13-18(16)20/h3-4,6,12,15,17-18H,1-2,5,7-11,13H2. The summed E-state index contributed by atoms with van der Waals surface area (Å²) in [6.45, 7) is 0.673. The van der Waals surface area contributed by atoms with Gasteiger partial charge in [0.05, 0.1) is 6.04 Å². The number of allylic oxidation sites excluding steroid dienone is 3. The van der Waals surface area contributed by atoms with E-state index in [0.717, 1.165) is 19.3 Å². The molecule has 0 N–H and O–H groups in total. The minimum Gasteiger partial charge on any atom is -0.446 e. The zero-order valence-corrected chi connectivity index (χ0v) is 13.2. The molecule has 0 aromatic heterocycles. The molecule has 2 saturated carbocycles. The number of carbonyl (C=O) groups excluding carboxylic acids is 1. The summed E-state index contributed by atoms with van der Waals surface area (Å²) in [7, 11) is 0. The van der Waals surface area contributed by atoms with Crippen molar-refractivity contribution in [2.75, 3.05) is 6.54 Å². The monoisotopic (exact) mass is 299 g/mol. The molecule has 2 unspecified atom stereocenters. The fraction of sp³-hybridized carbons (Fsp3) is 0.632. The van der Waals surface area contributed by atoms with Gasteiger partial charge in [-0.25, -0.2) is 4.79 Å². The summed E-state index contributed by atoms with van der Waals surface area (Å²) in [5, 5.41) is 0. The molecule has 3 nitrogen and oxygen atoms in total. The lowest BCUT2D eigenvalue weighted by Crippen LogP contribution is -2.44. The summed E-state index contributed by atoms with van der Waals surface area (Å²) in [6, 6.07) is 0.204. The van der Waals surface area contributed by atoms with Gasteiger partial charge in [0.2, 0.25) is 0 Å². The molecule has 22 heavy (non-hydrogen) atoms. The average Bonchev–Trinajstić information content (AvgIpc) is 3.13. The van der Waals surface area contributed by atoms with Gasteiger partial charge in [0, 0.05) is 6.54 Å². The van der Waals surface area contributed by atoms with E-state index >= 15 is 0 Å². The molecule has 0 aromatic rings. The molecule has 0 bridgehead atoms. The highest BCUT2D eigenvalue weighted by Crippen LogP contribution is 2.42. The Morgan fingerprint density at radius 3 is 2.91 bits per heavy atom. The van der Waals surface area contributed by atoms with E-state index in [1.54, 1.807) is 5.57 Å². The molecule has 0 saturated heterocycles. The first kappa shape index (κ1) is 14.1. The Balaban J connectivity index is 1.53. The van der Waals surface area contributed by atoms with Gasteiger partial charge in [0.15, 0.2) is 0 Å². The molecule has 4 aliphatic rings. The molecule has 0 radical (unpaired) electrons. The van der Waals surface area contributed by atoms with Gasteiger partial charge in [0.1, 0.15) is 6.10 Å². The largest absolute Gasteiger partial charge is 0.446 e. The SMILES string of the molecule is O=C(OC1CCCC1)N1CC=CC=C2C=C3CCCC3CC21. The molecule has 2 fully saturated rings. The Labute approximate surface area is 132 Å². The Bertz CT molecular complexity index is 540. The second-order valence-electron chi connectivity index (χ2n) is 7.10. The highest BCUT2D eigenvalue weighted by atomic mass is 16.6. The lowest BCUT2D eigenvalue weighted by atomic mass is 9.83. The van der Waals surface area contributed by atoms with Gasteiger partial charge in [-0.15, -0.1) is 0 Å². The van der Waals surface area contributed by atoms with E-state index in [4.69, 9.17) is 4.74 Å². The van der Waals surface area contributed by atoms with Crippen LogP contribution in [0.1, 0.15) is 51.4 Å². The number of amides is 1. The van der Waals surface area contributed by atoms with Crippen molar-refractivity contribution in [1.29, 1.82) is 0 Å². The van der Waals surface area contributed by atoms with Crippen LogP contribution < -0.4 is 0 Å². The smallest absolute Gasteiger partial charge is 0.410 e. The van der Waals surface area contributed by atoms with Crippen LogP contribution >= 0.6 is 0 Å². The molecule has 1 amide bonds. The second kappa shape index (κ2) is 5.94. The third-order valence-electron chi connectivity index (χ3n) is 5.69. The maximum Gasteiger partial charge on any atom is 0.410 e. The van der Waals surface area contributed by atoms with Crippen LogP contribution in [0.3, 0.4) is 0 Å². The van der Waals surface area contributed by atoms with E-state index < -0.39 is 0 Å². The third kappa shape index (κ3) is 2.62. The summed E-state index contributed by atoms with van der Waals surface area (Å²) in [5.74, 6) is 0.682. The number of hydrogen-bond donors (Lipinski definition) is 0. The maximum absolute atomic E-state index is 12.7. The molecule has 118 valence electrons. The molecule has 1 heterocycles. The van der Waals surface area contributed by atoms with Crippen LogP contribution in [0.25, 0.3) is 0 Å². The second-order valence-corrected chi connectivity index (χ2v) is 7.10. The Kier molecular flexibility index (Phi) is 3.81. The zero-order chi connectivity index (χ0) is 14.9. The van der Waals surface area contributed by atoms with Gasteiger partial charge in [-0.1, -0.05) is 29.9 Å². The number of rotatable bonds is 1. The van der Waals surface area contributed by atoms with Gasteiger partial charge in [0.25, 0.3) is 0 Å². The van der Waals surface area contributed by atoms with Gasteiger partial charge in [-0.2, -0.15) is 0 Å². The van der Waals surface area contributed by atoms with Crippen molar-refractivity contribution in [2.45, 2.75) is 63.5 Å². The Hall–Kier alpha value is -1.51. The van der Waals surface area contributed by atoms with E-state index in [1.165, 1.54) is 37.7 Å². The fourth-order valence-electron chi connectivity index (χ4n) is 4.48. The number of carbonyl (C=O) groups is 1. The minimum absolute atomic E-state index is 0.107. The Morgan fingerprint density at radius 2 is 2.05 bits per heavy atom. The fourth-order valence-corrected chi connectivity index (χ4v) is 4.48. The average molecular weight is 299 g/mol. The molecule has 0 aromatic carbocycles. The van der Waals surface area contributed by atoms with Crippen LogP contribution in [-0.4, -0.2) is 29.7 Å². The maximum atomic E-state index is 12.7. The molecule has 4 rings (SSSR count). The summed E-state index contributed by atoms with van der Waals surface area (Å²) in [4.78, 5) is 14.6. The molecule has 3 heteroatoms. The number of hydrogen-bond acceptors (Lipinski definition) is 2. The van der Waals surface area contributed by atoms with Crippen molar-refractivity contribution >= 4 is 6.09 Å². The highest BCUT2D eigenvalue weighted by Gasteiger charge is 2.36. The molecule has 2 atom stereocenters. The van der Waals surface area contributed by atoms with E-state index in [-0.39, 0.29) is 18.2 Å². The summed E-state index contributed by atoms with van der Waals surface area (Å²) in [5.41, 5.74) is 2.90. The summed E-state index contributed by atoms with van der Waals surface area (Å²) in [6.07, 6.45) is 18.1. The lowest BCUT2D eigenvalue weighted by Gasteiger charge is -2.36. The van der Waals surface area contributed by atoms with E-state index in [9.17, 15) is 4.79 Å². The van der Waals surface area contributed by atoms with Crippen molar-refractivity contribution in [3.8, 4) is 0 Å². The lowest BCUT2D eigenvalue weighted by molar-refractivity contribution is 0.0584. The molecule has 0 spiro atoms. The number of nitrogens with zero attached hydrogens (tertiary/aromatic N) is 1. The quantitative estimate of drug-likeness (QED) is 0.720. The van der Waals surface area contributed by atoms with E-state index in [1.807, 2.05) is 4.90 Å². The zero-order valence-electron chi connectivity index (χ0n) is 13.2. The molecule has 1 aliphatic heterocycles. The number of ether oxygens (including phenoxy) is 1. The summed E-state index contributed by atoms with van der Waals surface area (Å²) < 4.78 is 5.77. The van der Waals surface area contributed by atoms with Crippen LogP contribution in [0, 0.1) is 5.92 Å². The van der Waals surface area contributed by atoms with E-state index in [2.05, 4.69) is 24.3 Å². The predicted octanol–water partition coefficient (Wildman–Crippen LogP) is 4.36. The van der Waals surface area contributed by atoms with Crippen molar-refractivity contribution in [2.24, 2.45) is 5.92 Å². The van der Waals surface area contributed by atoms with Gasteiger partial charge in [-0.3, -0.25) is 4.90 Å². The number of fused-ring (bicyclic) bond motifs is 2. The van der Waals surface area contributed by atoms with Gasteiger partial charge < -0.3 is 4.74 Å². The third-order valence-corrected chi connectivity index (χ3v) is 5.69. The first-order chi connectivity index (χ1) is 10.8. The molecule has 3 aliphatic carbocycles.